The Morgan fingerprint density at radius 3 is 2.30 bits per heavy atom. The van der Waals surface area contributed by atoms with E-state index in [0.29, 0.717) is 6.54 Å². The van der Waals surface area contributed by atoms with Crippen molar-refractivity contribution in [2.75, 3.05) is 19.6 Å². The molecule has 2 unspecified atom stereocenters. The van der Waals surface area contributed by atoms with Crippen molar-refractivity contribution < 1.29 is 23.1 Å². The minimum absolute atomic E-state index is 0.0347. The van der Waals surface area contributed by atoms with Crippen molar-refractivity contribution in [1.82, 2.24) is 10.2 Å². The van der Waals surface area contributed by atoms with Gasteiger partial charge >= 0.3 is 6.18 Å². The van der Waals surface area contributed by atoms with Gasteiger partial charge in [-0.1, -0.05) is 0 Å². The van der Waals surface area contributed by atoms with Gasteiger partial charge in [-0.15, -0.1) is 0 Å². The predicted molar refractivity (Wildman–Crippen MR) is 69.1 cm³/mol. The Kier molecular flexibility index (Phi) is 5.43. The van der Waals surface area contributed by atoms with E-state index in [0.717, 1.165) is 0 Å². The van der Waals surface area contributed by atoms with Gasteiger partial charge < -0.3 is 15.3 Å². The Morgan fingerprint density at radius 1 is 1.35 bits per heavy atom. The van der Waals surface area contributed by atoms with Gasteiger partial charge in [0, 0.05) is 19.6 Å². The molecule has 1 rings (SSSR count). The first-order valence-corrected chi connectivity index (χ1v) is 6.86. The van der Waals surface area contributed by atoms with Gasteiger partial charge in [-0.2, -0.15) is 13.2 Å². The van der Waals surface area contributed by atoms with Crippen LogP contribution in [0, 0.1) is 5.92 Å². The van der Waals surface area contributed by atoms with E-state index in [1.165, 1.54) is 4.90 Å². The molecule has 0 saturated carbocycles. The molecule has 0 aromatic heterocycles. The number of likely N-dealkylation sites (N-methyl/N-ethyl adjacent to an activating group) is 1. The summed E-state index contributed by atoms with van der Waals surface area (Å²) in [5.41, 5.74) is -1.02. The van der Waals surface area contributed by atoms with Crippen LogP contribution >= 0.6 is 0 Å². The second-order valence-electron chi connectivity index (χ2n) is 5.94. The largest absolute Gasteiger partial charge is 0.393 e. The summed E-state index contributed by atoms with van der Waals surface area (Å²) in [6.07, 6.45) is -4.07. The molecule has 0 aromatic rings. The molecule has 1 saturated heterocycles. The van der Waals surface area contributed by atoms with Crippen molar-refractivity contribution in [2.45, 2.75) is 51.4 Å². The molecule has 0 bridgehead atoms. The number of carbonyl (C=O) groups excluding carboxylic acids is 1. The van der Waals surface area contributed by atoms with E-state index in [9.17, 15) is 23.1 Å². The van der Waals surface area contributed by atoms with Gasteiger partial charge in [0.2, 0.25) is 5.91 Å². The lowest BCUT2D eigenvalue weighted by Gasteiger charge is -2.35. The van der Waals surface area contributed by atoms with Crippen molar-refractivity contribution in [1.29, 1.82) is 0 Å². The van der Waals surface area contributed by atoms with E-state index in [2.05, 4.69) is 5.32 Å². The Balaban J connectivity index is 2.57. The maximum atomic E-state index is 12.5. The Morgan fingerprint density at radius 2 is 1.95 bits per heavy atom. The molecule has 1 fully saturated rings. The number of nitrogens with zero attached hydrogens (tertiary/aromatic N) is 1. The molecule has 7 heteroatoms. The minimum Gasteiger partial charge on any atom is -0.389 e. The molecule has 0 aliphatic carbocycles. The highest BCUT2D eigenvalue weighted by molar-refractivity contribution is 5.82. The first-order valence-electron chi connectivity index (χ1n) is 6.86. The Bertz CT molecular complexity index is 331. The van der Waals surface area contributed by atoms with E-state index in [-0.39, 0.29) is 31.8 Å². The summed E-state index contributed by atoms with van der Waals surface area (Å²) >= 11 is 0. The van der Waals surface area contributed by atoms with Crippen LogP contribution < -0.4 is 5.32 Å². The summed E-state index contributed by atoms with van der Waals surface area (Å²) in [4.78, 5) is 13.7. The van der Waals surface area contributed by atoms with E-state index in [4.69, 9.17) is 0 Å². The molecule has 4 nitrogen and oxygen atoms in total. The topological polar surface area (TPSA) is 52.6 Å². The zero-order valence-electron chi connectivity index (χ0n) is 12.1. The van der Waals surface area contributed by atoms with Crippen LogP contribution in [0.5, 0.6) is 0 Å². The number of hydrogen-bond donors (Lipinski definition) is 2. The molecule has 2 atom stereocenters. The van der Waals surface area contributed by atoms with Gasteiger partial charge in [0.15, 0.2) is 0 Å². The number of carbonyl (C=O) groups is 1. The molecule has 20 heavy (non-hydrogen) atoms. The highest BCUT2D eigenvalue weighted by atomic mass is 19.4. The SMILES string of the molecule is CCN(CC(C)(C)O)C(=O)C1CCC(C(F)(F)F)CN1. The van der Waals surface area contributed by atoms with Gasteiger partial charge in [-0.3, -0.25) is 4.79 Å². The monoisotopic (exact) mass is 296 g/mol. The lowest BCUT2D eigenvalue weighted by molar-refractivity contribution is -0.180. The lowest BCUT2D eigenvalue weighted by atomic mass is 9.93. The highest BCUT2D eigenvalue weighted by Gasteiger charge is 2.43. The summed E-state index contributed by atoms with van der Waals surface area (Å²) in [7, 11) is 0. The van der Waals surface area contributed by atoms with Gasteiger partial charge in [0.1, 0.15) is 0 Å². The van der Waals surface area contributed by atoms with Gasteiger partial charge in [-0.25, -0.2) is 0 Å². The van der Waals surface area contributed by atoms with Crippen molar-refractivity contribution in [3.05, 3.63) is 0 Å². The van der Waals surface area contributed by atoms with Crippen LogP contribution in [0.3, 0.4) is 0 Å². The highest BCUT2D eigenvalue weighted by Crippen LogP contribution is 2.32. The first kappa shape index (κ1) is 17.2. The first-order chi connectivity index (χ1) is 9.04. The number of hydrogen-bond acceptors (Lipinski definition) is 3. The third-order valence-electron chi connectivity index (χ3n) is 3.45. The average molecular weight is 296 g/mol. The standard InChI is InChI=1S/C13H23F3N2O2/c1-4-18(8-12(2,3)20)11(19)10-6-5-9(7-17-10)13(14,15)16/h9-10,17,20H,4-8H2,1-3H3. The number of halogens is 3. The van der Waals surface area contributed by atoms with Gasteiger partial charge in [0.05, 0.1) is 17.6 Å². The third kappa shape index (κ3) is 4.94. The normalized spacial score (nSPS) is 24.6. The summed E-state index contributed by atoms with van der Waals surface area (Å²) in [5, 5.41) is 12.4. The van der Waals surface area contributed by atoms with Crippen LogP contribution in [0.1, 0.15) is 33.6 Å². The molecule has 1 aliphatic heterocycles. The molecule has 2 N–H and O–H groups in total. The van der Waals surface area contributed by atoms with Crippen LogP contribution in [0.15, 0.2) is 0 Å². The van der Waals surface area contributed by atoms with Crippen molar-refractivity contribution in [3.8, 4) is 0 Å². The zero-order chi connectivity index (χ0) is 15.6. The number of amides is 1. The van der Waals surface area contributed by atoms with Crippen molar-refractivity contribution in [2.24, 2.45) is 5.92 Å². The molecular formula is C13H23F3N2O2. The smallest absolute Gasteiger partial charge is 0.389 e. The summed E-state index contributed by atoms with van der Waals surface area (Å²) in [5.74, 6) is -1.62. The van der Waals surface area contributed by atoms with Crippen LogP contribution in [-0.2, 0) is 4.79 Å². The zero-order valence-corrected chi connectivity index (χ0v) is 12.1. The fourth-order valence-corrected chi connectivity index (χ4v) is 2.38. The Hall–Kier alpha value is -0.820. The number of rotatable bonds is 4. The minimum atomic E-state index is -4.21. The van der Waals surface area contributed by atoms with Gasteiger partial charge in [-0.05, 0) is 33.6 Å². The number of aliphatic hydroxyl groups is 1. The average Bonchev–Trinajstić information content (AvgIpc) is 2.33. The fraction of sp³-hybridized carbons (Fsp3) is 0.923. The predicted octanol–water partition coefficient (Wildman–Crippen LogP) is 1.54. The molecule has 1 amide bonds. The van der Waals surface area contributed by atoms with Gasteiger partial charge in [0.25, 0.3) is 0 Å². The van der Waals surface area contributed by atoms with Crippen molar-refractivity contribution in [3.63, 3.8) is 0 Å². The fourth-order valence-electron chi connectivity index (χ4n) is 2.38. The quantitative estimate of drug-likeness (QED) is 0.827. The lowest BCUT2D eigenvalue weighted by Crippen LogP contribution is -2.54. The molecule has 118 valence electrons. The van der Waals surface area contributed by atoms with Crippen LogP contribution in [0.2, 0.25) is 0 Å². The number of piperidine rings is 1. The maximum Gasteiger partial charge on any atom is 0.393 e. The molecular weight excluding hydrogens is 273 g/mol. The maximum absolute atomic E-state index is 12.5. The van der Waals surface area contributed by atoms with Crippen LogP contribution in [0.4, 0.5) is 13.2 Å². The molecule has 0 spiro atoms. The van der Waals surface area contributed by atoms with E-state index < -0.39 is 23.7 Å². The van der Waals surface area contributed by atoms with Crippen LogP contribution in [0.25, 0.3) is 0 Å². The van der Waals surface area contributed by atoms with Crippen molar-refractivity contribution >= 4 is 5.91 Å². The van der Waals surface area contributed by atoms with E-state index in [1.54, 1.807) is 20.8 Å². The number of alkyl halides is 3. The molecule has 1 heterocycles. The number of nitrogens with one attached hydrogen (secondary N) is 1. The second kappa shape index (κ2) is 6.30. The summed E-state index contributed by atoms with van der Waals surface area (Å²) < 4.78 is 37.6. The summed E-state index contributed by atoms with van der Waals surface area (Å²) in [6.45, 7) is 5.34. The second-order valence-corrected chi connectivity index (χ2v) is 5.94. The summed E-state index contributed by atoms with van der Waals surface area (Å²) in [6, 6.07) is -0.587. The Labute approximate surface area is 117 Å². The molecule has 0 radical (unpaired) electrons. The van der Waals surface area contributed by atoms with Crippen LogP contribution in [-0.4, -0.2) is 53.4 Å². The molecule has 0 aromatic carbocycles. The van der Waals surface area contributed by atoms with E-state index in [1.807, 2.05) is 0 Å². The van der Waals surface area contributed by atoms with E-state index >= 15 is 0 Å². The third-order valence-corrected chi connectivity index (χ3v) is 3.45. The molecule has 1 aliphatic rings.